The van der Waals surface area contributed by atoms with Gasteiger partial charge in [0, 0.05) is 0 Å². The first-order chi connectivity index (χ1) is 6.70. The standard InChI is InChI=1S/C10H9ClO2S/c1-6-5-14-10(8(6)11)9(12)7-3-2-4-13-7/h2-5,9,12H,1H3. The SMILES string of the molecule is Cc1csc(C(O)c2ccco2)c1Cl. The summed E-state index contributed by atoms with van der Waals surface area (Å²) in [5, 5.41) is 12.5. The van der Waals surface area contributed by atoms with E-state index in [4.69, 9.17) is 16.0 Å². The Labute approximate surface area is 90.8 Å². The lowest BCUT2D eigenvalue weighted by Gasteiger charge is -2.05. The van der Waals surface area contributed by atoms with E-state index in [-0.39, 0.29) is 0 Å². The molecule has 0 radical (unpaired) electrons. The van der Waals surface area contributed by atoms with E-state index in [1.54, 1.807) is 12.1 Å². The molecular formula is C10H9ClO2S. The van der Waals surface area contributed by atoms with Crippen molar-refractivity contribution in [2.75, 3.05) is 0 Å². The zero-order valence-electron chi connectivity index (χ0n) is 7.53. The summed E-state index contributed by atoms with van der Waals surface area (Å²) in [6.07, 6.45) is 0.781. The molecule has 0 saturated carbocycles. The van der Waals surface area contributed by atoms with E-state index in [2.05, 4.69) is 0 Å². The van der Waals surface area contributed by atoms with Gasteiger partial charge in [-0.1, -0.05) is 11.6 Å². The fourth-order valence-electron chi connectivity index (χ4n) is 1.21. The topological polar surface area (TPSA) is 33.4 Å². The van der Waals surface area contributed by atoms with Gasteiger partial charge in [0.15, 0.2) is 0 Å². The molecule has 0 aliphatic rings. The summed E-state index contributed by atoms with van der Waals surface area (Å²) in [5.41, 5.74) is 0.984. The Morgan fingerprint density at radius 1 is 1.57 bits per heavy atom. The smallest absolute Gasteiger partial charge is 0.147 e. The third kappa shape index (κ3) is 1.59. The summed E-state index contributed by atoms with van der Waals surface area (Å²) >= 11 is 7.47. The molecule has 2 rings (SSSR count). The number of aryl methyl sites for hydroxylation is 1. The molecule has 2 heterocycles. The Morgan fingerprint density at radius 3 is 2.86 bits per heavy atom. The van der Waals surface area contributed by atoms with E-state index >= 15 is 0 Å². The van der Waals surface area contributed by atoms with Gasteiger partial charge in [-0.2, -0.15) is 0 Å². The average Bonchev–Trinajstić information content (AvgIpc) is 2.77. The number of rotatable bonds is 2. The maximum atomic E-state index is 9.91. The lowest BCUT2D eigenvalue weighted by Crippen LogP contribution is -1.95. The normalized spacial score (nSPS) is 13.1. The van der Waals surface area contributed by atoms with Crippen LogP contribution in [0.3, 0.4) is 0 Å². The number of hydrogen-bond acceptors (Lipinski definition) is 3. The molecule has 2 nitrogen and oxygen atoms in total. The van der Waals surface area contributed by atoms with Crippen molar-refractivity contribution in [2.45, 2.75) is 13.0 Å². The molecule has 0 saturated heterocycles. The number of furan rings is 1. The van der Waals surface area contributed by atoms with Gasteiger partial charge in [0.2, 0.25) is 0 Å². The van der Waals surface area contributed by atoms with Crippen molar-refractivity contribution in [3.63, 3.8) is 0 Å². The highest BCUT2D eigenvalue weighted by Gasteiger charge is 2.19. The van der Waals surface area contributed by atoms with Crippen LogP contribution in [-0.2, 0) is 0 Å². The zero-order chi connectivity index (χ0) is 10.1. The molecule has 2 aromatic heterocycles. The van der Waals surface area contributed by atoms with Crippen LogP contribution in [0.4, 0.5) is 0 Å². The molecule has 0 bridgehead atoms. The van der Waals surface area contributed by atoms with Gasteiger partial charge >= 0.3 is 0 Å². The first-order valence-electron chi connectivity index (χ1n) is 4.15. The second-order valence-corrected chi connectivity index (χ2v) is 4.30. The van der Waals surface area contributed by atoms with Crippen molar-refractivity contribution in [2.24, 2.45) is 0 Å². The van der Waals surface area contributed by atoms with Crippen LogP contribution < -0.4 is 0 Å². The van der Waals surface area contributed by atoms with Crippen molar-refractivity contribution in [3.05, 3.63) is 45.0 Å². The van der Waals surface area contributed by atoms with E-state index in [1.807, 2.05) is 12.3 Å². The summed E-state index contributed by atoms with van der Waals surface area (Å²) in [6, 6.07) is 3.48. The van der Waals surface area contributed by atoms with Gasteiger partial charge in [0.05, 0.1) is 16.2 Å². The molecule has 0 amide bonds. The third-order valence-electron chi connectivity index (χ3n) is 1.99. The van der Waals surface area contributed by atoms with Crippen LogP contribution in [0.2, 0.25) is 5.02 Å². The molecule has 0 aliphatic carbocycles. The van der Waals surface area contributed by atoms with Gasteiger partial charge in [-0.15, -0.1) is 11.3 Å². The molecule has 0 spiro atoms. The lowest BCUT2D eigenvalue weighted by molar-refractivity contribution is 0.193. The molecule has 0 aliphatic heterocycles. The number of halogens is 1. The van der Waals surface area contributed by atoms with Crippen LogP contribution in [0.25, 0.3) is 0 Å². The van der Waals surface area contributed by atoms with Crippen molar-refractivity contribution in [1.82, 2.24) is 0 Å². The van der Waals surface area contributed by atoms with Crippen LogP contribution in [-0.4, -0.2) is 5.11 Å². The van der Waals surface area contributed by atoms with Crippen LogP contribution in [0, 0.1) is 6.92 Å². The number of thiophene rings is 1. The Bertz CT molecular complexity index is 419. The summed E-state index contributed by atoms with van der Waals surface area (Å²) in [4.78, 5) is 0.735. The Hall–Kier alpha value is -0.770. The minimum Gasteiger partial charge on any atom is -0.466 e. The van der Waals surface area contributed by atoms with Crippen LogP contribution >= 0.6 is 22.9 Å². The average molecular weight is 229 g/mol. The third-order valence-corrected chi connectivity index (χ3v) is 3.75. The Kier molecular flexibility index (Phi) is 2.63. The minimum atomic E-state index is -0.754. The number of hydrogen-bond donors (Lipinski definition) is 1. The maximum Gasteiger partial charge on any atom is 0.147 e. The van der Waals surface area contributed by atoms with Gasteiger partial charge in [-0.25, -0.2) is 0 Å². The number of aliphatic hydroxyl groups excluding tert-OH is 1. The van der Waals surface area contributed by atoms with E-state index in [9.17, 15) is 5.11 Å². The highest BCUT2D eigenvalue weighted by Crippen LogP contribution is 2.35. The van der Waals surface area contributed by atoms with Crippen molar-refractivity contribution in [1.29, 1.82) is 0 Å². The second kappa shape index (κ2) is 3.77. The fourth-order valence-corrected chi connectivity index (χ4v) is 2.50. The molecule has 4 heteroatoms. The lowest BCUT2D eigenvalue weighted by atomic mass is 10.2. The summed E-state index contributed by atoms with van der Waals surface area (Å²) < 4.78 is 5.11. The first kappa shape index (κ1) is 9.77. The van der Waals surface area contributed by atoms with Gasteiger partial charge < -0.3 is 9.52 Å². The number of aliphatic hydroxyl groups is 1. The monoisotopic (exact) mass is 228 g/mol. The molecule has 74 valence electrons. The summed E-state index contributed by atoms with van der Waals surface area (Å²) in [5.74, 6) is 0.522. The zero-order valence-corrected chi connectivity index (χ0v) is 9.10. The van der Waals surface area contributed by atoms with Crippen molar-refractivity contribution < 1.29 is 9.52 Å². The van der Waals surface area contributed by atoms with E-state index in [0.717, 1.165) is 10.4 Å². The van der Waals surface area contributed by atoms with Crippen molar-refractivity contribution in [3.8, 4) is 0 Å². The van der Waals surface area contributed by atoms with E-state index < -0.39 is 6.10 Å². The van der Waals surface area contributed by atoms with Gasteiger partial charge in [-0.05, 0) is 30.0 Å². The summed E-state index contributed by atoms with van der Waals surface area (Å²) in [7, 11) is 0. The summed E-state index contributed by atoms with van der Waals surface area (Å²) in [6.45, 7) is 1.91. The highest BCUT2D eigenvalue weighted by atomic mass is 35.5. The van der Waals surface area contributed by atoms with Gasteiger partial charge in [-0.3, -0.25) is 0 Å². The maximum absolute atomic E-state index is 9.91. The molecule has 0 fully saturated rings. The molecule has 1 unspecified atom stereocenters. The Balaban J connectivity index is 2.36. The van der Waals surface area contributed by atoms with E-state index in [1.165, 1.54) is 17.6 Å². The van der Waals surface area contributed by atoms with Crippen LogP contribution in [0.5, 0.6) is 0 Å². The molecule has 1 N–H and O–H groups in total. The highest BCUT2D eigenvalue weighted by molar-refractivity contribution is 7.10. The minimum absolute atomic E-state index is 0.522. The van der Waals surface area contributed by atoms with Crippen LogP contribution in [0.1, 0.15) is 22.3 Å². The van der Waals surface area contributed by atoms with Gasteiger partial charge in [0.25, 0.3) is 0 Å². The second-order valence-electron chi connectivity index (χ2n) is 3.01. The van der Waals surface area contributed by atoms with Gasteiger partial charge in [0.1, 0.15) is 11.9 Å². The fraction of sp³-hybridized carbons (Fsp3) is 0.200. The van der Waals surface area contributed by atoms with Crippen molar-refractivity contribution >= 4 is 22.9 Å². The largest absolute Gasteiger partial charge is 0.466 e. The molecule has 1 atom stereocenters. The first-order valence-corrected chi connectivity index (χ1v) is 5.41. The molecular weight excluding hydrogens is 220 g/mol. The predicted molar refractivity (Wildman–Crippen MR) is 56.8 cm³/mol. The molecule has 14 heavy (non-hydrogen) atoms. The van der Waals surface area contributed by atoms with E-state index in [0.29, 0.717) is 10.8 Å². The van der Waals surface area contributed by atoms with Crippen LogP contribution in [0.15, 0.2) is 28.2 Å². The molecule has 0 aromatic carbocycles. The quantitative estimate of drug-likeness (QED) is 0.855. The molecule has 2 aromatic rings. The Morgan fingerprint density at radius 2 is 2.36 bits per heavy atom. The predicted octanol–water partition coefficient (Wildman–Crippen LogP) is 3.38.